The van der Waals surface area contributed by atoms with E-state index < -0.39 is 52.6 Å². The summed E-state index contributed by atoms with van der Waals surface area (Å²) >= 11 is 1.48. The van der Waals surface area contributed by atoms with Gasteiger partial charge in [0.1, 0.15) is 23.2 Å². The zero-order valence-electron chi connectivity index (χ0n) is 34.0. The van der Waals surface area contributed by atoms with Gasteiger partial charge in [-0.2, -0.15) is 0 Å². The predicted molar refractivity (Wildman–Crippen MR) is 229 cm³/mol. The minimum absolute atomic E-state index is 0.0193. The van der Waals surface area contributed by atoms with Gasteiger partial charge in [0.15, 0.2) is 29.2 Å². The van der Waals surface area contributed by atoms with E-state index in [4.69, 9.17) is 15.2 Å². The van der Waals surface area contributed by atoms with E-state index in [1.807, 2.05) is 41.2 Å². The normalized spacial score (nSPS) is 13.8. The van der Waals surface area contributed by atoms with Gasteiger partial charge in [-0.25, -0.2) is 41.0 Å². The van der Waals surface area contributed by atoms with Gasteiger partial charge in [-0.1, -0.05) is 12.1 Å². The zero-order chi connectivity index (χ0) is 45.1. The minimum atomic E-state index is -3.86. The topological polar surface area (TPSA) is 186 Å². The number of halogens is 3. The first-order valence-corrected chi connectivity index (χ1v) is 23.5. The van der Waals surface area contributed by atoms with E-state index in [1.165, 1.54) is 80.1 Å². The van der Waals surface area contributed by atoms with Gasteiger partial charge in [-0.3, -0.25) is 20.0 Å². The van der Waals surface area contributed by atoms with E-state index in [0.29, 0.717) is 22.2 Å². The molecule has 13 nitrogen and oxygen atoms in total. The third kappa shape index (κ3) is 9.60. The van der Waals surface area contributed by atoms with Crippen molar-refractivity contribution in [2.45, 2.75) is 54.2 Å². The van der Waals surface area contributed by atoms with Crippen LogP contribution in [0.25, 0.3) is 44.1 Å². The summed E-state index contributed by atoms with van der Waals surface area (Å²) in [6.45, 7) is 2.82. The first kappa shape index (κ1) is 46.7. The monoisotopic (exact) mass is 902 g/mol. The number of nitrogens with zero attached hydrogens (tertiary/aromatic N) is 2. The highest BCUT2D eigenvalue weighted by atomic mass is 32.2. The lowest BCUT2D eigenvalue weighted by atomic mass is 10.0. The molecule has 0 aliphatic rings. The maximum absolute atomic E-state index is 14.9. The molecule has 0 radical (unpaired) electrons. The number of hydroxylamine groups is 2. The van der Waals surface area contributed by atoms with Gasteiger partial charge in [0.2, 0.25) is 0 Å². The molecule has 0 saturated heterocycles. The van der Waals surface area contributed by atoms with E-state index in [2.05, 4.69) is 0 Å². The number of ether oxygens (including phenoxy) is 1. The number of hydrogen-bond acceptors (Lipinski definition) is 10. The predicted octanol–water partition coefficient (Wildman–Crippen LogP) is 7.16. The lowest BCUT2D eigenvalue weighted by Crippen LogP contribution is -2.49. The van der Waals surface area contributed by atoms with Crippen LogP contribution in [-0.2, 0) is 42.4 Å². The lowest BCUT2D eigenvalue weighted by Gasteiger charge is -2.25. The van der Waals surface area contributed by atoms with Gasteiger partial charge in [0, 0.05) is 81.9 Å². The standard InChI is InChI=1S/C21H22F2N2O5S.C21H23FN2O4S2/c1-21(20(26)24-27,31(3,28)29)7-9-25-8-6-13-10-16(18(23)12-19(13)25)15-5-4-14(30-2)11-17(15)22;1-21(20(25)23-26,30(3,27)28)9-11-24-10-8-15-12-14(4-7-19(15)24)17-6-5-16(29-2)13-18(17)22/h4-6,8,10-12,27H,7,9H2,1-3H3,(H,24,26);4-8,10,12-13,26H,9,11H2,1-3H3,(H,23,25)/t2*21-/m11/s1. The highest BCUT2D eigenvalue weighted by Gasteiger charge is 2.44. The molecule has 326 valence electrons. The fraction of sp³-hybridized carbons (Fsp3) is 0.286. The molecule has 19 heteroatoms. The Morgan fingerprint density at radius 1 is 0.672 bits per heavy atom. The molecule has 2 atom stereocenters. The Hall–Kier alpha value is -5.34. The number of carbonyl (C=O) groups excluding carboxylic acids is 2. The molecule has 0 aliphatic heterocycles. The smallest absolute Gasteiger partial charge is 0.264 e. The summed E-state index contributed by atoms with van der Waals surface area (Å²) in [5.74, 6) is -3.27. The van der Waals surface area contributed by atoms with Crippen molar-refractivity contribution in [2.75, 3.05) is 25.9 Å². The van der Waals surface area contributed by atoms with E-state index in [0.717, 1.165) is 33.9 Å². The number of rotatable bonds is 14. The Bertz CT molecular complexity index is 2850. The first-order valence-electron chi connectivity index (χ1n) is 18.5. The van der Waals surface area contributed by atoms with Crippen LogP contribution >= 0.6 is 11.8 Å². The number of benzene rings is 4. The Kier molecular flexibility index (Phi) is 14.0. The number of hydrogen-bond donors (Lipinski definition) is 4. The van der Waals surface area contributed by atoms with Gasteiger partial charge in [-0.15, -0.1) is 11.8 Å². The number of sulfone groups is 2. The molecule has 0 bridgehead atoms. The molecule has 2 heterocycles. The van der Waals surface area contributed by atoms with Crippen LogP contribution in [0.15, 0.2) is 96.2 Å². The average molecular weight is 903 g/mol. The molecule has 6 aromatic rings. The number of nitrogens with one attached hydrogen (secondary N) is 2. The number of amides is 2. The number of thioether (sulfide) groups is 1. The fourth-order valence-corrected chi connectivity index (χ4v) is 8.83. The van der Waals surface area contributed by atoms with Gasteiger partial charge < -0.3 is 13.9 Å². The highest BCUT2D eigenvalue weighted by Crippen LogP contribution is 2.34. The van der Waals surface area contributed by atoms with E-state index >= 15 is 0 Å². The molecule has 4 aromatic carbocycles. The van der Waals surface area contributed by atoms with Gasteiger partial charge in [-0.05, 0) is 99.2 Å². The largest absolute Gasteiger partial charge is 0.497 e. The summed E-state index contributed by atoms with van der Waals surface area (Å²) in [5, 5.41) is 19.4. The fourth-order valence-electron chi connectivity index (χ4n) is 6.71. The summed E-state index contributed by atoms with van der Waals surface area (Å²) < 4.78 is 97.0. The van der Waals surface area contributed by atoms with Crippen molar-refractivity contribution in [2.24, 2.45) is 0 Å². The maximum Gasteiger partial charge on any atom is 0.264 e. The van der Waals surface area contributed by atoms with Crippen LogP contribution in [0, 0.1) is 17.5 Å². The van der Waals surface area contributed by atoms with Gasteiger partial charge >= 0.3 is 0 Å². The second-order valence-electron chi connectivity index (χ2n) is 14.8. The van der Waals surface area contributed by atoms with Crippen LogP contribution in [0.3, 0.4) is 0 Å². The molecule has 2 aromatic heterocycles. The quantitative estimate of drug-likeness (QED) is 0.0497. The summed E-state index contributed by atoms with van der Waals surface area (Å²) in [7, 11) is -6.21. The van der Waals surface area contributed by atoms with Crippen molar-refractivity contribution in [3.05, 3.63) is 109 Å². The van der Waals surface area contributed by atoms with Crippen LogP contribution in [-0.4, -0.2) is 83.6 Å². The van der Waals surface area contributed by atoms with Crippen molar-refractivity contribution >= 4 is 65.1 Å². The first-order chi connectivity index (χ1) is 28.6. The molecule has 0 spiro atoms. The molecular weight excluding hydrogens is 858 g/mol. The van der Waals surface area contributed by atoms with Crippen LogP contribution in [0.2, 0.25) is 0 Å². The molecule has 6 rings (SSSR count). The van der Waals surface area contributed by atoms with E-state index in [1.54, 1.807) is 29.1 Å². The van der Waals surface area contributed by atoms with Crippen molar-refractivity contribution in [3.63, 3.8) is 0 Å². The Balaban J connectivity index is 0.000000231. The summed E-state index contributed by atoms with van der Waals surface area (Å²) in [6.07, 6.45) is 7.01. The summed E-state index contributed by atoms with van der Waals surface area (Å²) in [5.41, 5.74) is 5.54. The molecule has 0 saturated carbocycles. The van der Waals surface area contributed by atoms with Crippen LogP contribution < -0.4 is 15.7 Å². The van der Waals surface area contributed by atoms with Crippen LogP contribution in [0.4, 0.5) is 13.2 Å². The molecular formula is C42H45F3N4O9S3. The van der Waals surface area contributed by atoms with Crippen molar-refractivity contribution in [3.8, 4) is 28.0 Å². The van der Waals surface area contributed by atoms with Crippen molar-refractivity contribution in [1.29, 1.82) is 0 Å². The number of methoxy groups -OCH3 is 1. The molecule has 2 amide bonds. The summed E-state index contributed by atoms with van der Waals surface area (Å²) in [6, 6.07) is 21.1. The van der Waals surface area contributed by atoms with Crippen molar-refractivity contribution in [1.82, 2.24) is 20.1 Å². The SMILES string of the molecule is COc1ccc(-c2cc3ccn(CC[C@](C)(C(=O)NO)S(C)(=O)=O)c3cc2F)c(F)c1.CSc1ccc(-c2ccc3c(ccn3CC[C@](C)(C(=O)NO)S(C)(=O)=O)c2)c(F)c1. The highest BCUT2D eigenvalue weighted by molar-refractivity contribution is 7.98. The third-order valence-electron chi connectivity index (χ3n) is 11.0. The Morgan fingerprint density at radius 3 is 1.67 bits per heavy atom. The second kappa shape index (κ2) is 18.3. The van der Waals surface area contributed by atoms with Gasteiger partial charge in [0.05, 0.1) is 12.6 Å². The van der Waals surface area contributed by atoms with Crippen LogP contribution in [0.1, 0.15) is 26.7 Å². The van der Waals surface area contributed by atoms with Gasteiger partial charge in [0.25, 0.3) is 11.8 Å². The van der Waals surface area contributed by atoms with E-state index in [-0.39, 0.29) is 42.9 Å². The molecule has 0 aliphatic carbocycles. The summed E-state index contributed by atoms with van der Waals surface area (Å²) in [4.78, 5) is 24.8. The average Bonchev–Trinajstić information content (AvgIpc) is 3.82. The van der Waals surface area contributed by atoms with Crippen molar-refractivity contribution < 1.29 is 54.7 Å². The molecule has 61 heavy (non-hydrogen) atoms. The third-order valence-corrected chi connectivity index (χ3v) is 15.8. The van der Waals surface area contributed by atoms with Crippen LogP contribution in [0.5, 0.6) is 5.75 Å². The Labute approximate surface area is 355 Å². The molecule has 0 unspecified atom stereocenters. The lowest BCUT2D eigenvalue weighted by molar-refractivity contribution is -0.132. The number of aryl methyl sites for hydroxylation is 2. The maximum atomic E-state index is 14.9. The molecule has 0 fully saturated rings. The minimum Gasteiger partial charge on any atom is -0.497 e. The number of aromatic nitrogens is 2. The molecule has 4 N–H and O–H groups in total. The second-order valence-corrected chi connectivity index (χ2v) is 20.5. The van der Waals surface area contributed by atoms with E-state index in [9.17, 15) is 39.6 Å². The zero-order valence-corrected chi connectivity index (χ0v) is 36.4. The Morgan fingerprint density at radius 2 is 1.18 bits per heavy atom. The number of fused-ring (bicyclic) bond motifs is 2. The number of carbonyl (C=O) groups is 2.